The molecule has 0 radical (unpaired) electrons. The molecule has 162 valence electrons. The Morgan fingerprint density at radius 3 is 2.48 bits per heavy atom. The van der Waals surface area contributed by atoms with Crippen molar-refractivity contribution in [2.24, 2.45) is 0 Å². The zero-order valence-electron chi connectivity index (χ0n) is 17.9. The van der Waals surface area contributed by atoms with Crippen LogP contribution in [0.15, 0.2) is 59.0 Å². The van der Waals surface area contributed by atoms with Gasteiger partial charge in [0.25, 0.3) is 0 Å². The van der Waals surface area contributed by atoms with Gasteiger partial charge in [0.1, 0.15) is 5.75 Å². The fourth-order valence-electron chi connectivity index (χ4n) is 3.84. The molecule has 7 nitrogen and oxygen atoms in total. The van der Waals surface area contributed by atoms with Gasteiger partial charge in [0.05, 0.1) is 7.11 Å². The van der Waals surface area contributed by atoms with Crippen LogP contribution in [0.5, 0.6) is 5.75 Å². The highest BCUT2D eigenvalue weighted by atomic mass is 16.5. The predicted molar refractivity (Wildman–Crippen MR) is 118 cm³/mol. The summed E-state index contributed by atoms with van der Waals surface area (Å²) in [6.45, 7) is 4.08. The molecule has 31 heavy (non-hydrogen) atoms. The van der Waals surface area contributed by atoms with Crippen LogP contribution in [0.1, 0.15) is 17.9 Å². The number of carbonyl (C=O) groups is 1. The summed E-state index contributed by atoms with van der Waals surface area (Å²) < 4.78 is 11.2. The monoisotopic (exact) mass is 420 g/mol. The Hall–Kier alpha value is -3.19. The first kappa shape index (κ1) is 21.1. The summed E-state index contributed by atoms with van der Waals surface area (Å²) in [5.41, 5.74) is 2.01. The molecule has 4 rings (SSSR count). The van der Waals surface area contributed by atoms with E-state index in [1.54, 1.807) is 7.11 Å². The van der Waals surface area contributed by atoms with Crippen molar-refractivity contribution >= 4 is 5.91 Å². The maximum Gasteiger partial charge on any atom is 0.247 e. The SMILES string of the molecule is COc1ccccc1CCC(=O)N1CCN(CCc2nnc(-c3ccccc3)o2)CC1. The summed E-state index contributed by atoms with van der Waals surface area (Å²) in [5, 5.41) is 8.32. The summed E-state index contributed by atoms with van der Waals surface area (Å²) in [5.74, 6) is 2.25. The summed E-state index contributed by atoms with van der Waals surface area (Å²) >= 11 is 0. The highest BCUT2D eigenvalue weighted by molar-refractivity contribution is 5.76. The molecule has 0 spiro atoms. The van der Waals surface area contributed by atoms with Gasteiger partial charge < -0.3 is 14.1 Å². The normalized spacial score (nSPS) is 14.5. The van der Waals surface area contributed by atoms with E-state index in [0.717, 1.165) is 49.6 Å². The Labute approximate surface area is 182 Å². The molecular formula is C24H28N4O3. The molecular weight excluding hydrogens is 392 g/mol. The van der Waals surface area contributed by atoms with E-state index in [1.807, 2.05) is 59.5 Å². The molecule has 1 aromatic heterocycles. The van der Waals surface area contributed by atoms with Crippen molar-refractivity contribution in [3.63, 3.8) is 0 Å². The second-order valence-electron chi connectivity index (χ2n) is 7.65. The number of amides is 1. The molecule has 0 bridgehead atoms. The van der Waals surface area contributed by atoms with E-state index < -0.39 is 0 Å². The van der Waals surface area contributed by atoms with Crippen LogP contribution in [-0.4, -0.2) is 65.7 Å². The topological polar surface area (TPSA) is 71.7 Å². The van der Waals surface area contributed by atoms with Gasteiger partial charge in [-0.1, -0.05) is 36.4 Å². The Morgan fingerprint density at radius 1 is 0.968 bits per heavy atom. The molecule has 0 aliphatic carbocycles. The van der Waals surface area contributed by atoms with Crippen LogP contribution in [0.3, 0.4) is 0 Å². The smallest absolute Gasteiger partial charge is 0.247 e. The van der Waals surface area contributed by atoms with Crippen LogP contribution in [-0.2, 0) is 17.6 Å². The average molecular weight is 421 g/mol. The molecule has 0 saturated carbocycles. The second kappa shape index (κ2) is 10.2. The van der Waals surface area contributed by atoms with Gasteiger partial charge in [-0.3, -0.25) is 9.69 Å². The van der Waals surface area contributed by atoms with Gasteiger partial charge in [0, 0.05) is 51.1 Å². The van der Waals surface area contributed by atoms with Crippen LogP contribution in [0.25, 0.3) is 11.5 Å². The Bertz CT molecular complexity index is 981. The van der Waals surface area contributed by atoms with Gasteiger partial charge in [0.2, 0.25) is 17.7 Å². The lowest BCUT2D eigenvalue weighted by Crippen LogP contribution is -2.49. The highest BCUT2D eigenvalue weighted by Crippen LogP contribution is 2.20. The quantitative estimate of drug-likeness (QED) is 0.558. The average Bonchev–Trinajstić information content (AvgIpc) is 3.31. The first-order valence-electron chi connectivity index (χ1n) is 10.7. The zero-order valence-corrected chi connectivity index (χ0v) is 17.9. The molecule has 1 amide bonds. The number of rotatable bonds is 8. The Balaban J connectivity index is 1.20. The molecule has 2 aromatic carbocycles. The number of piperazine rings is 1. The third-order valence-corrected chi connectivity index (χ3v) is 5.66. The second-order valence-corrected chi connectivity index (χ2v) is 7.65. The van der Waals surface area contributed by atoms with Crippen molar-refractivity contribution < 1.29 is 13.9 Å². The fourth-order valence-corrected chi connectivity index (χ4v) is 3.84. The predicted octanol–water partition coefficient (Wildman–Crippen LogP) is 3.06. The number of methoxy groups -OCH3 is 1. The third kappa shape index (κ3) is 5.49. The molecule has 1 aliphatic rings. The van der Waals surface area contributed by atoms with E-state index in [2.05, 4.69) is 15.1 Å². The van der Waals surface area contributed by atoms with E-state index >= 15 is 0 Å². The van der Waals surface area contributed by atoms with Gasteiger partial charge in [0.15, 0.2) is 0 Å². The number of aromatic nitrogens is 2. The van der Waals surface area contributed by atoms with Crippen LogP contribution < -0.4 is 4.74 Å². The number of para-hydroxylation sites is 1. The summed E-state index contributed by atoms with van der Waals surface area (Å²) in [6, 6.07) is 17.7. The third-order valence-electron chi connectivity index (χ3n) is 5.66. The van der Waals surface area contributed by atoms with E-state index in [4.69, 9.17) is 9.15 Å². The first-order chi connectivity index (χ1) is 15.2. The van der Waals surface area contributed by atoms with Crippen molar-refractivity contribution in [2.45, 2.75) is 19.3 Å². The minimum absolute atomic E-state index is 0.204. The molecule has 1 aliphatic heterocycles. The van der Waals surface area contributed by atoms with Crippen LogP contribution in [0.2, 0.25) is 0 Å². The maximum atomic E-state index is 12.6. The maximum absolute atomic E-state index is 12.6. The lowest BCUT2D eigenvalue weighted by atomic mass is 10.1. The van der Waals surface area contributed by atoms with Crippen molar-refractivity contribution in [3.8, 4) is 17.2 Å². The lowest BCUT2D eigenvalue weighted by Gasteiger charge is -2.34. The van der Waals surface area contributed by atoms with E-state index in [1.165, 1.54) is 0 Å². The molecule has 0 unspecified atom stereocenters. The van der Waals surface area contributed by atoms with Crippen molar-refractivity contribution in [1.29, 1.82) is 0 Å². The minimum atomic E-state index is 0.204. The number of benzene rings is 2. The number of nitrogens with zero attached hydrogens (tertiary/aromatic N) is 4. The standard InChI is InChI=1S/C24H28N4O3/c1-30-21-10-6-5-7-19(21)11-12-23(29)28-17-15-27(16-18-28)14-13-22-25-26-24(31-22)20-8-3-2-4-9-20/h2-10H,11-18H2,1H3. The van der Waals surface area contributed by atoms with Crippen LogP contribution >= 0.6 is 0 Å². The number of aryl methyl sites for hydroxylation is 1. The zero-order chi connectivity index (χ0) is 21.5. The van der Waals surface area contributed by atoms with Gasteiger partial charge in [-0.2, -0.15) is 0 Å². The van der Waals surface area contributed by atoms with Crippen LogP contribution in [0, 0.1) is 0 Å². The molecule has 1 saturated heterocycles. The number of ether oxygens (including phenoxy) is 1. The lowest BCUT2D eigenvalue weighted by molar-refractivity contribution is -0.132. The highest BCUT2D eigenvalue weighted by Gasteiger charge is 2.21. The summed E-state index contributed by atoms with van der Waals surface area (Å²) in [6.07, 6.45) is 1.91. The summed E-state index contributed by atoms with van der Waals surface area (Å²) in [4.78, 5) is 16.9. The first-order valence-corrected chi connectivity index (χ1v) is 10.7. The molecule has 0 atom stereocenters. The number of hydrogen-bond donors (Lipinski definition) is 0. The summed E-state index contributed by atoms with van der Waals surface area (Å²) in [7, 11) is 1.66. The Kier molecular flexibility index (Phi) is 6.94. The molecule has 2 heterocycles. The largest absolute Gasteiger partial charge is 0.496 e. The van der Waals surface area contributed by atoms with Crippen molar-refractivity contribution in [3.05, 3.63) is 66.1 Å². The van der Waals surface area contributed by atoms with Gasteiger partial charge in [-0.15, -0.1) is 10.2 Å². The minimum Gasteiger partial charge on any atom is -0.496 e. The van der Waals surface area contributed by atoms with Gasteiger partial charge in [-0.05, 0) is 30.2 Å². The van der Waals surface area contributed by atoms with E-state index in [9.17, 15) is 4.79 Å². The van der Waals surface area contributed by atoms with Crippen molar-refractivity contribution in [2.75, 3.05) is 39.8 Å². The molecule has 0 N–H and O–H groups in total. The van der Waals surface area contributed by atoms with Gasteiger partial charge >= 0.3 is 0 Å². The van der Waals surface area contributed by atoms with E-state index in [-0.39, 0.29) is 5.91 Å². The Morgan fingerprint density at radius 2 is 1.71 bits per heavy atom. The van der Waals surface area contributed by atoms with E-state index in [0.29, 0.717) is 31.0 Å². The van der Waals surface area contributed by atoms with Crippen LogP contribution in [0.4, 0.5) is 0 Å². The number of hydrogen-bond acceptors (Lipinski definition) is 6. The molecule has 3 aromatic rings. The molecule has 7 heteroatoms. The number of carbonyl (C=O) groups excluding carboxylic acids is 1. The fraction of sp³-hybridized carbons (Fsp3) is 0.375. The van der Waals surface area contributed by atoms with Crippen molar-refractivity contribution in [1.82, 2.24) is 20.0 Å². The molecule has 1 fully saturated rings. The van der Waals surface area contributed by atoms with Gasteiger partial charge in [-0.25, -0.2) is 0 Å².